The lowest BCUT2D eigenvalue weighted by atomic mass is 9.98. The molecule has 0 spiro atoms. The SMILES string of the molecule is CCCCCCOc1ccc(NC(=O)C(C)Oc2ccccc2C(C)CC)cc1. The summed E-state index contributed by atoms with van der Waals surface area (Å²) in [4.78, 5) is 12.6. The summed E-state index contributed by atoms with van der Waals surface area (Å²) in [6.07, 6.45) is 5.17. The summed E-state index contributed by atoms with van der Waals surface area (Å²) in [6.45, 7) is 9.02. The van der Waals surface area contributed by atoms with Crippen LogP contribution >= 0.6 is 0 Å². The van der Waals surface area contributed by atoms with Gasteiger partial charge in [-0.15, -0.1) is 0 Å². The summed E-state index contributed by atoms with van der Waals surface area (Å²) in [6, 6.07) is 15.4. The lowest BCUT2D eigenvalue weighted by molar-refractivity contribution is -0.122. The average Bonchev–Trinajstić information content (AvgIpc) is 2.74. The molecule has 0 saturated heterocycles. The number of hydrogen-bond acceptors (Lipinski definition) is 3. The van der Waals surface area contributed by atoms with Gasteiger partial charge in [0.05, 0.1) is 6.61 Å². The van der Waals surface area contributed by atoms with Crippen molar-refractivity contribution in [2.75, 3.05) is 11.9 Å². The van der Waals surface area contributed by atoms with Crippen molar-refractivity contribution >= 4 is 11.6 Å². The minimum atomic E-state index is -0.588. The van der Waals surface area contributed by atoms with Crippen molar-refractivity contribution in [3.05, 3.63) is 54.1 Å². The maximum atomic E-state index is 12.6. The summed E-state index contributed by atoms with van der Waals surface area (Å²) in [7, 11) is 0. The molecule has 158 valence electrons. The van der Waals surface area contributed by atoms with Crippen molar-refractivity contribution in [1.29, 1.82) is 0 Å². The Hall–Kier alpha value is -2.49. The summed E-state index contributed by atoms with van der Waals surface area (Å²) >= 11 is 0. The summed E-state index contributed by atoms with van der Waals surface area (Å²) < 4.78 is 11.7. The smallest absolute Gasteiger partial charge is 0.265 e. The normalized spacial score (nSPS) is 12.8. The maximum absolute atomic E-state index is 12.6. The lowest BCUT2D eigenvalue weighted by Gasteiger charge is -2.19. The maximum Gasteiger partial charge on any atom is 0.265 e. The average molecular weight is 398 g/mol. The van der Waals surface area contributed by atoms with E-state index in [2.05, 4.69) is 32.2 Å². The molecule has 29 heavy (non-hydrogen) atoms. The topological polar surface area (TPSA) is 47.6 Å². The van der Waals surface area contributed by atoms with E-state index in [0.717, 1.165) is 42.2 Å². The Morgan fingerprint density at radius 2 is 1.69 bits per heavy atom. The van der Waals surface area contributed by atoms with E-state index in [1.165, 1.54) is 19.3 Å². The van der Waals surface area contributed by atoms with Gasteiger partial charge >= 0.3 is 0 Å². The van der Waals surface area contributed by atoms with Gasteiger partial charge in [-0.25, -0.2) is 0 Å². The summed E-state index contributed by atoms with van der Waals surface area (Å²) in [5.74, 6) is 1.82. The van der Waals surface area contributed by atoms with E-state index in [-0.39, 0.29) is 5.91 Å². The second kappa shape index (κ2) is 12.2. The van der Waals surface area contributed by atoms with E-state index in [1.807, 2.05) is 42.5 Å². The molecule has 0 heterocycles. The molecule has 4 heteroatoms. The van der Waals surface area contributed by atoms with Gasteiger partial charge in [0, 0.05) is 5.69 Å². The van der Waals surface area contributed by atoms with Crippen molar-refractivity contribution in [2.45, 2.75) is 71.8 Å². The van der Waals surface area contributed by atoms with Gasteiger partial charge in [0.25, 0.3) is 5.91 Å². The molecule has 0 aliphatic rings. The van der Waals surface area contributed by atoms with Crippen LogP contribution in [0.5, 0.6) is 11.5 Å². The van der Waals surface area contributed by atoms with E-state index >= 15 is 0 Å². The number of amides is 1. The number of ether oxygens (including phenoxy) is 2. The first-order valence-corrected chi connectivity index (χ1v) is 10.8. The molecule has 2 rings (SSSR count). The summed E-state index contributed by atoms with van der Waals surface area (Å²) in [5, 5.41) is 2.92. The van der Waals surface area contributed by atoms with Gasteiger partial charge in [-0.2, -0.15) is 0 Å². The molecule has 0 aromatic heterocycles. The Bertz CT molecular complexity index is 742. The minimum Gasteiger partial charge on any atom is -0.494 e. The molecule has 4 nitrogen and oxygen atoms in total. The lowest BCUT2D eigenvalue weighted by Crippen LogP contribution is -2.30. The molecule has 2 aromatic rings. The Labute approximate surface area is 175 Å². The molecule has 0 saturated carbocycles. The predicted octanol–water partition coefficient (Wildman–Crippen LogP) is 6.57. The van der Waals surface area contributed by atoms with E-state index < -0.39 is 6.10 Å². The van der Waals surface area contributed by atoms with Gasteiger partial charge < -0.3 is 14.8 Å². The molecule has 0 bridgehead atoms. The van der Waals surface area contributed by atoms with Crippen LogP contribution in [0, 0.1) is 0 Å². The van der Waals surface area contributed by atoms with Crippen LogP contribution in [0.25, 0.3) is 0 Å². The van der Waals surface area contributed by atoms with Crippen molar-refractivity contribution in [3.8, 4) is 11.5 Å². The van der Waals surface area contributed by atoms with E-state index in [9.17, 15) is 4.79 Å². The van der Waals surface area contributed by atoms with Crippen LogP contribution in [0.3, 0.4) is 0 Å². The highest BCUT2D eigenvalue weighted by Crippen LogP contribution is 2.29. The van der Waals surface area contributed by atoms with Crippen molar-refractivity contribution in [3.63, 3.8) is 0 Å². The third-order valence-electron chi connectivity index (χ3n) is 5.12. The quantitative estimate of drug-likeness (QED) is 0.412. The van der Waals surface area contributed by atoms with Gasteiger partial charge in [-0.05, 0) is 61.6 Å². The molecule has 1 amide bonds. The highest BCUT2D eigenvalue weighted by molar-refractivity contribution is 5.94. The van der Waals surface area contributed by atoms with E-state index in [4.69, 9.17) is 9.47 Å². The number of carbonyl (C=O) groups is 1. The number of nitrogens with one attached hydrogen (secondary N) is 1. The zero-order chi connectivity index (χ0) is 21.1. The van der Waals surface area contributed by atoms with Crippen LogP contribution in [0.2, 0.25) is 0 Å². The fraction of sp³-hybridized carbons (Fsp3) is 0.480. The third-order valence-corrected chi connectivity index (χ3v) is 5.12. The highest BCUT2D eigenvalue weighted by atomic mass is 16.5. The van der Waals surface area contributed by atoms with Gasteiger partial charge in [0.15, 0.2) is 6.10 Å². The molecular weight excluding hydrogens is 362 g/mol. The Morgan fingerprint density at radius 3 is 2.38 bits per heavy atom. The van der Waals surface area contributed by atoms with Gasteiger partial charge in [-0.1, -0.05) is 58.2 Å². The van der Waals surface area contributed by atoms with Crippen molar-refractivity contribution < 1.29 is 14.3 Å². The van der Waals surface area contributed by atoms with E-state index in [0.29, 0.717) is 5.92 Å². The second-order valence-electron chi connectivity index (χ2n) is 7.53. The number of benzene rings is 2. The number of anilines is 1. The Morgan fingerprint density at radius 1 is 0.966 bits per heavy atom. The van der Waals surface area contributed by atoms with Crippen LogP contribution in [-0.2, 0) is 4.79 Å². The molecule has 2 atom stereocenters. The molecular formula is C25H35NO3. The zero-order valence-corrected chi connectivity index (χ0v) is 18.2. The van der Waals surface area contributed by atoms with E-state index in [1.54, 1.807) is 6.92 Å². The highest BCUT2D eigenvalue weighted by Gasteiger charge is 2.18. The molecule has 0 aliphatic carbocycles. The first kappa shape index (κ1) is 22.8. The Kier molecular flexibility index (Phi) is 9.55. The Balaban J connectivity index is 1.87. The largest absolute Gasteiger partial charge is 0.494 e. The molecule has 0 aliphatic heterocycles. The van der Waals surface area contributed by atoms with Gasteiger partial charge in [0.1, 0.15) is 11.5 Å². The number of unbranched alkanes of at least 4 members (excludes halogenated alkanes) is 3. The molecule has 1 N–H and O–H groups in total. The van der Waals surface area contributed by atoms with Crippen LogP contribution < -0.4 is 14.8 Å². The van der Waals surface area contributed by atoms with Crippen LogP contribution in [0.1, 0.15) is 71.3 Å². The van der Waals surface area contributed by atoms with Crippen LogP contribution in [-0.4, -0.2) is 18.6 Å². The van der Waals surface area contributed by atoms with Gasteiger partial charge in [-0.3, -0.25) is 4.79 Å². The summed E-state index contributed by atoms with van der Waals surface area (Å²) in [5.41, 5.74) is 1.87. The van der Waals surface area contributed by atoms with Crippen molar-refractivity contribution in [1.82, 2.24) is 0 Å². The monoisotopic (exact) mass is 397 g/mol. The fourth-order valence-corrected chi connectivity index (χ4v) is 3.06. The predicted molar refractivity (Wildman–Crippen MR) is 120 cm³/mol. The molecule has 0 fully saturated rings. The standard InChI is InChI=1S/C25H35NO3/c1-5-7-8-11-18-28-22-16-14-21(15-17-22)26-25(27)20(4)29-24-13-10-9-12-23(24)19(3)6-2/h9-10,12-17,19-20H,5-8,11,18H2,1-4H3,(H,26,27). The minimum absolute atomic E-state index is 0.169. The van der Waals surface area contributed by atoms with Gasteiger partial charge in [0.2, 0.25) is 0 Å². The zero-order valence-electron chi connectivity index (χ0n) is 18.2. The number of para-hydroxylation sites is 1. The molecule has 2 aromatic carbocycles. The first-order valence-electron chi connectivity index (χ1n) is 10.8. The van der Waals surface area contributed by atoms with Crippen LogP contribution in [0.15, 0.2) is 48.5 Å². The number of rotatable bonds is 12. The van der Waals surface area contributed by atoms with Crippen molar-refractivity contribution in [2.24, 2.45) is 0 Å². The second-order valence-corrected chi connectivity index (χ2v) is 7.53. The fourth-order valence-electron chi connectivity index (χ4n) is 3.06. The number of hydrogen-bond donors (Lipinski definition) is 1. The molecule has 0 radical (unpaired) electrons. The molecule has 2 unspecified atom stereocenters. The number of carbonyl (C=O) groups excluding carboxylic acids is 1. The first-order chi connectivity index (χ1) is 14.0. The van der Waals surface area contributed by atoms with Crippen LogP contribution in [0.4, 0.5) is 5.69 Å². The third kappa shape index (κ3) is 7.45.